The molecule has 0 aliphatic carbocycles. The van der Waals surface area contributed by atoms with E-state index in [1.54, 1.807) is 18.2 Å². The average molecular weight is 271 g/mol. The number of benzene rings is 2. The number of para-hydroxylation sites is 1. The van der Waals surface area contributed by atoms with Gasteiger partial charge in [-0.05, 0) is 22.8 Å². The van der Waals surface area contributed by atoms with Gasteiger partial charge in [-0.25, -0.2) is 0 Å². The lowest BCUT2D eigenvalue weighted by molar-refractivity contribution is -0.144. The molecule has 0 spiro atoms. The summed E-state index contributed by atoms with van der Waals surface area (Å²) in [5.41, 5.74) is 8.86. The van der Waals surface area contributed by atoms with E-state index in [1.807, 2.05) is 30.3 Å². The molecule has 3 N–H and O–H groups in total. The van der Waals surface area contributed by atoms with Crippen molar-refractivity contribution in [3.63, 3.8) is 0 Å². The molecule has 0 heterocycles. The number of ether oxygens (including phenoxy) is 1. The van der Waals surface area contributed by atoms with Gasteiger partial charge in [0.05, 0.1) is 13.0 Å². The fourth-order valence-electron chi connectivity index (χ4n) is 1.81. The van der Waals surface area contributed by atoms with Gasteiger partial charge in [0.15, 0.2) is 0 Å². The number of hydrogen-bond acceptors (Lipinski definition) is 4. The Bertz CT molecular complexity index is 579. The number of nitrogens with two attached hydrogens (primary N) is 1. The van der Waals surface area contributed by atoms with E-state index in [9.17, 15) is 4.79 Å². The van der Waals surface area contributed by atoms with Gasteiger partial charge in [-0.3, -0.25) is 4.79 Å². The number of nitrogen functional groups attached to an aromatic ring is 1. The average Bonchev–Trinajstić information content (AvgIpc) is 2.48. The lowest BCUT2D eigenvalue weighted by Crippen LogP contribution is -2.09. The second-order valence-electron chi connectivity index (χ2n) is 4.51. The summed E-state index contributed by atoms with van der Waals surface area (Å²) in [5, 5.41) is 8.94. The lowest BCUT2D eigenvalue weighted by atomic mass is 10.1. The summed E-state index contributed by atoms with van der Waals surface area (Å²) in [6.45, 7) is 0.227. The quantitative estimate of drug-likeness (QED) is 0.645. The van der Waals surface area contributed by atoms with Gasteiger partial charge < -0.3 is 15.6 Å². The fourth-order valence-corrected chi connectivity index (χ4v) is 1.81. The van der Waals surface area contributed by atoms with Gasteiger partial charge in [0.1, 0.15) is 6.61 Å². The van der Waals surface area contributed by atoms with Crippen LogP contribution in [-0.2, 0) is 29.2 Å². The molecular formula is C16H17NO3. The maximum Gasteiger partial charge on any atom is 0.310 e. The maximum absolute atomic E-state index is 11.7. The maximum atomic E-state index is 11.7. The Morgan fingerprint density at radius 1 is 1.05 bits per heavy atom. The number of carbonyl (C=O) groups is 1. The first-order valence-electron chi connectivity index (χ1n) is 6.36. The molecule has 0 atom stereocenters. The molecule has 0 bridgehead atoms. The highest BCUT2D eigenvalue weighted by atomic mass is 16.5. The van der Waals surface area contributed by atoms with Crippen LogP contribution in [0.25, 0.3) is 0 Å². The number of rotatable bonds is 5. The third-order valence-electron chi connectivity index (χ3n) is 3.00. The molecule has 0 aliphatic heterocycles. The topological polar surface area (TPSA) is 72.6 Å². The molecule has 0 amide bonds. The minimum Gasteiger partial charge on any atom is -0.461 e. The van der Waals surface area contributed by atoms with Crippen LogP contribution < -0.4 is 5.73 Å². The summed E-state index contributed by atoms with van der Waals surface area (Å²) in [5.74, 6) is -0.311. The summed E-state index contributed by atoms with van der Waals surface area (Å²) in [6, 6.07) is 14.5. The highest BCUT2D eigenvalue weighted by Crippen LogP contribution is 2.12. The highest BCUT2D eigenvalue weighted by Gasteiger charge is 2.07. The predicted molar refractivity (Wildman–Crippen MR) is 76.7 cm³/mol. The van der Waals surface area contributed by atoms with E-state index in [0.29, 0.717) is 5.69 Å². The molecule has 0 saturated heterocycles. The van der Waals surface area contributed by atoms with E-state index in [2.05, 4.69) is 0 Å². The largest absolute Gasteiger partial charge is 0.461 e. The molecule has 104 valence electrons. The Labute approximate surface area is 117 Å². The Kier molecular flexibility index (Phi) is 4.74. The van der Waals surface area contributed by atoms with Crippen molar-refractivity contribution in [2.45, 2.75) is 19.6 Å². The van der Waals surface area contributed by atoms with Crippen molar-refractivity contribution in [3.05, 3.63) is 65.2 Å². The van der Waals surface area contributed by atoms with Crippen molar-refractivity contribution >= 4 is 11.7 Å². The van der Waals surface area contributed by atoms with E-state index in [-0.39, 0.29) is 25.6 Å². The van der Waals surface area contributed by atoms with Crippen molar-refractivity contribution in [2.75, 3.05) is 5.73 Å². The summed E-state index contributed by atoms with van der Waals surface area (Å²) >= 11 is 0. The van der Waals surface area contributed by atoms with Gasteiger partial charge in [-0.15, -0.1) is 0 Å². The number of carbonyl (C=O) groups excluding carboxylic acids is 1. The number of aliphatic hydroxyl groups excluding tert-OH is 1. The van der Waals surface area contributed by atoms with Crippen molar-refractivity contribution in [1.29, 1.82) is 0 Å². The second-order valence-corrected chi connectivity index (χ2v) is 4.51. The predicted octanol–water partition coefficient (Wildman–Crippen LogP) is 2.05. The Morgan fingerprint density at radius 3 is 2.35 bits per heavy atom. The Morgan fingerprint density at radius 2 is 1.70 bits per heavy atom. The number of esters is 1. The highest BCUT2D eigenvalue weighted by molar-refractivity contribution is 5.74. The zero-order valence-electron chi connectivity index (χ0n) is 11.1. The van der Waals surface area contributed by atoms with Crippen molar-refractivity contribution in [1.82, 2.24) is 0 Å². The monoisotopic (exact) mass is 271 g/mol. The van der Waals surface area contributed by atoms with Crippen LogP contribution in [0.3, 0.4) is 0 Å². The van der Waals surface area contributed by atoms with Crippen molar-refractivity contribution in [2.24, 2.45) is 0 Å². The molecule has 2 aromatic rings. The smallest absolute Gasteiger partial charge is 0.310 e. The minimum absolute atomic E-state index is 0.00729. The Hall–Kier alpha value is -2.33. The molecule has 4 nitrogen and oxygen atoms in total. The fraction of sp³-hybridized carbons (Fsp3) is 0.188. The van der Waals surface area contributed by atoms with E-state index >= 15 is 0 Å². The van der Waals surface area contributed by atoms with Gasteiger partial charge in [0, 0.05) is 5.69 Å². The van der Waals surface area contributed by atoms with Crippen LogP contribution in [0.15, 0.2) is 48.5 Å². The minimum atomic E-state index is -0.311. The molecule has 20 heavy (non-hydrogen) atoms. The van der Waals surface area contributed by atoms with Gasteiger partial charge in [-0.2, -0.15) is 0 Å². The third-order valence-corrected chi connectivity index (χ3v) is 3.00. The van der Waals surface area contributed by atoms with E-state index < -0.39 is 0 Å². The van der Waals surface area contributed by atoms with Gasteiger partial charge in [0.2, 0.25) is 0 Å². The van der Waals surface area contributed by atoms with Crippen molar-refractivity contribution < 1.29 is 14.6 Å². The lowest BCUT2D eigenvalue weighted by Gasteiger charge is -2.07. The molecular weight excluding hydrogens is 254 g/mol. The summed E-state index contributed by atoms with van der Waals surface area (Å²) in [6.07, 6.45) is 0.168. The zero-order chi connectivity index (χ0) is 14.4. The standard InChI is InChI=1S/C16H17NO3/c17-15-4-2-1-3-14(15)9-16(19)20-11-13-7-5-12(10-18)6-8-13/h1-8,18H,9-11,17H2. The first-order valence-corrected chi connectivity index (χ1v) is 6.36. The molecule has 2 aromatic carbocycles. The summed E-state index contributed by atoms with van der Waals surface area (Å²) < 4.78 is 5.20. The molecule has 4 heteroatoms. The molecule has 0 saturated carbocycles. The zero-order valence-corrected chi connectivity index (χ0v) is 11.1. The first-order chi connectivity index (χ1) is 9.69. The van der Waals surface area contributed by atoms with Gasteiger partial charge >= 0.3 is 5.97 Å². The normalized spacial score (nSPS) is 10.2. The van der Waals surface area contributed by atoms with Crippen LogP contribution in [0.1, 0.15) is 16.7 Å². The van der Waals surface area contributed by atoms with Gasteiger partial charge in [0.25, 0.3) is 0 Å². The third kappa shape index (κ3) is 3.83. The summed E-state index contributed by atoms with van der Waals surface area (Å²) in [7, 11) is 0. The molecule has 0 aliphatic rings. The SMILES string of the molecule is Nc1ccccc1CC(=O)OCc1ccc(CO)cc1. The van der Waals surface area contributed by atoms with E-state index in [4.69, 9.17) is 15.6 Å². The molecule has 0 fully saturated rings. The van der Waals surface area contributed by atoms with Crippen LogP contribution in [0.4, 0.5) is 5.69 Å². The number of aliphatic hydroxyl groups is 1. The molecule has 0 aromatic heterocycles. The van der Waals surface area contributed by atoms with Crippen LogP contribution >= 0.6 is 0 Å². The second kappa shape index (κ2) is 6.73. The molecule has 0 radical (unpaired) electrons. The number of hydrogen-bond donors (Lipinski definition) is 2. The first kappa shape index (κ1) is 14.1. The Balaban J connectivity index is 1.87. The van der Waals surface area contributed by atoms with Crippen LogP contribution in [0, 0.1) is 0 Å². The molecule has 2 rings (SSSR count). The summed E-state index contributed by atoms with van der Waals surface area (Å²) in [4.78, 5) is 11.7. The van der Waals surface area contributed by atoms with Crippen molar-refractivity contribution in [3.8, 4) is 0 Å². The van der Waals surface area contributed by atoms with Crippen LogP contribution in [-0.4, -0.2) is 11.1 Å². The van der Waals surface area contributed by atoms with Crippen LogP contribution in [0.2, 0.25) is 0 Å². The van der Waals surface area contributed by atoms with E-state index in [0.717, 1.165) is 16.7 Å². The molecule has 0 unspecified atom stereocenters. The van der Waals surface area contributed by atoms with E-state index in [1.165, 1.54) is 0 Å². The number of anilines is 1. The van der Waals surface area contributed by atoms with Crippen LogP contribution in [0.5, 0.6) is 0 Å². The van der Waals surface area contributed by atoms with Gasteiger partial charge in [-0.1, -0.05) is 42.5 Å².